The minimum absolute atomic E-state index is 0.109. The van der Waals surface area contributed by atoms with Gasteiger partial charge < -0.3 is 0 Å². The van der Waals surface area contributed by atoms with Crippen LogP contribution in [0.2, 0.25) is 0 Å². The first-order chi connectivity index (χ1) is 8.68. The Balaban J connectivity index is 2.12. The quantitative estimate of drug-likeness (QED) is 0.807. The largest absolute Gasteiger partial charge is 0.299 e. The van der Waals surface area contributed by atoms with Crippen molar-refractivity contribution < 1.29 is 4.79 Å². The molecule has 0 saturated heterocycles. The molecule has 0 aliphatic rings. The van der Waals surface area contributed by atoms with Crippen LogP contribution in [0.1, 0.15) is 26.0 Å². The van der Waals surface area contributed by atoms with Crippen LogP contribution in [0.15, 0.2) is 42.6 Å². The van der Waals surface area contributed by atoms with E-state index in [0.717, 1.165) is 17.8 Å². The number of para-hydroxylation sites is 1. The third kappa shape index (κ3) is 2.86. The molecule has 1 aromatic carbocycles. The molecule has 0 atom stereocenters. The van der Waals surface area contributed by atoms with E-state index in [1.165, 1.54) is 0 Å². The normalized spacial score (nSPS) is 10.8. The van der Waals surface area contributed by atoms with Crippen LogP contribution in [0, 0.1) is 5.92 Å². The third-order valence-corrected chi connectivity index (χ3v) is 2.99. The number of carbonyl (C=O) groups is 1. The highest BCUT2D eigenvalue weighted by molar-refractivity contribution is 5.80. The van der Waals surface area contributed by atoms with Gasteiger partial charge in [-0.2, -0.15) is 5.10 Å². The van der Waals surface area contributed by atoms with Crippen LogP contribution < -0.4 is 0 Å². The van der Waals surface area contributed by atoms with Crippen LogP contribution >= 0.6 is 0 Å². The highest BCUT2D eigenvalue weighted by Gasteiger charge is 2.10. The predicted octanol–water partition coefficient (Wildman–Crippen LogP) is 3.03. The number of hydrogen-bond acceptors (Lipinski definition) is 2. The number of benzene rings is 1. The first-order valence-corrected chi connectivity index (χ1v) is 6.29. The smallest absolute Gasteiger partial charge is 0.135 e. The molecule has 0 spiro atoms. The Morgan fingerprint density at radius 1 is 1.22 bits per heavy atom. The van der Waals surface area contributed by atoms with Gasteiger partial charge in [-0.3, -0.25) is 4.79 Å². The zero-order valence-electron chi connectivity index (χ0n) is 10.8. The summed E-state index contributed by atoms with van der Waals surface area (Å²) in [6.07, 6.45) is 3.10. The number of aryl methyl sites for hydroxylation is 1. The van der Waals surface area contributed by atoms with Crippen LogP contribution in [0.5, 0.6) is 0 Å². The van der Waals surface area contributed by atoms with Crippen LogP contribution in [-0.4, -0.2) is 15.6 Å². The summed E-state index contributed by atoms with van der Waals surface area (Å²) in [5.74, 6) is 0.411. The maximum Gasteiger partial charge on any atom is 0.135 e. The standard InChI is InChI=1S/C15H18N2O/c1-12(2)15(18)9-8-14-10-11-16-17(14)13-6-4-3-5-7-13/h3-7,10-12H,8-9H2,1-2H3. The van der Waals surface area contributed by atoms with Gasteiger partial charge in [0.05, 0.1) is 5.69 Å². The van der Waals surface area contributed by atoms with E-state index in [1.54, 1.807) is 6.20 Å². The van der Waals surface area contributed by atoms with Crippen molar-refractivity contribution in [1.82, 2.24) is 9.78 Å². The van der Waals surface area contributed by atoms with E-state index in [4.69, 9.17) is 0 Å². The van der Waals surface area contributed by atoms with Gasteiger partial charge in [0, 0.05) is 24.2 Å². The van der Waals surface area contributed by atoms with Crippen molar-refractivity contribution in [1.29, 1.82) is 0 Å². The molecule has 0 radical (unpaired) electrons. The van der Waals surface area contributed by atoms with Gasteiger partial charge in [0.2, 0.25) is 0 Å². The van der Waals surface area contributed by atoms with Crippen LogP contribution in [0.4, 0.5) is 0 Å². The average molecular weight is 242 g/mol. The SMILES string of the molecule is CC(C)C(=O)CCc1ccnn1-c1ccccc1. The summed E-state index contributed by atoms with van der Waals surface area (Å²) in [6.45, 7) is 3.88. The van der Waals surface area contributed by atoms with E-state index in [2.05, 4.69) is 5.10 Å². The van der Waals surface area contributed by atoms with E-state index in [1.807, 2.05) is 54.9 Å². The van der Waals surface area contributed by atoms with Crippen LogP contribution in [-0.2, 0) is 11.2 Å². The number of nitrogens with zero attached hydrogens (tertiary/aromatic N) is 2. The summed E-state index contributed by atoms with van der Waals surface area (Å²) in [5.41, 5.74) is 2.12. The fraction of sp³-hybridized carbons (Fsp3) is 0.333. The van der Waals surface area contributed by atoms with E-state index in [0.29, 0.717) is 12.2 Å². The Hall–Kier alpha value is -1.90. The lowest BCUT2D eigenvalue weighted by molar-refractivity contribution is -0.121. The summed E-state index contributed by atoms with van der Waals surface area (Å²) >= 11 is 0. The Morgan fingerprint density at radius 2 is 1.94 bits per heavy atom. The molecule has 0 bridgehead atoms. The minimum atomic E-state index is 0.109. The van der Waals surface area contributed by atoms with Crippen molar-refractivity contribution in [2.45, 2.75) is 26.7 Å². The molecule has 0 N–H and O–H groups in total. The van der Waals surface area contributed by atoms with Gasteiger partial charge in [-0.25, -0.2) is 4.68 Å². The van der Waals surface area contributed by atoms with Crippen molar-refractivity contribution >= 4 is 5.78 Å². The second kappa shape index (κ2) is 5.63. The Labute approximate surface area is 107 Å². The maximum absolute atomic E-state index is 11.7. The number of Topliss-reactive ketones (excluding diaryl/α,β-unsaturated/α-hetero) is 1. The fourth-order valence-corrected chi connectivity index (χ4v) is 1.86. The first kappa shape index (κ1) is 12.6. The van der Waals surface area contributed by atoms with Crippen molar-refractivity contribution in [3.8, 4) is 5.69 Å². The topological polar surface area (TPSA) is 34.9 Å². The lowest BCUT2D eigenvalue weighted by Gasteiger charge is -2.08. The van der Waals surface area contributed by atoms with Gasteiger partial charge in [-0.15, -0.1) is 0 Å². The lowest BCUT2D eigenvalue weighted by Crippen LogP contribution is -2.10. The second-order valence-electron chi connectivity index (χ2n) is 4.69. The first-order valence-electron chi connectivity index (χ1n) is 6.29. The van der Waals surface area contributed by atoms with Gasteiger partial charge in [0.1, 0.15) is 5.78 Å². The number of hydrogen-bond donors (Lipinski definition) is 0. The molecule has 3 nitrogen and oxygen atoms in total. The second-order valence-corrected chi connectivity index (χ2v) is 4.69. The summed E-state index contributed by atoms with van der Waals surface area (Å²) in [7, 11) is 0. The van der Waals surface area contributed by atoms with E-state index < -0.39 is 0 Å². The third-order valence-electron chi connectivity index (χ3n) is 2.99. The Morgan fingerprint density at radius 3 is 2.61 bits per heavy atom. The Kier molecular flexibility index (Phi) is 3.92. The average Bonchev–Trinajstić information content (AvgIpc) is 2.85. The molecular weight excluding hydrogens is 224 g/mol. The molecule has 0 amide bonds. The molecule has 0 aliphatic heterocycles. The fourth-order valence-electron chi connectivity index (χ4n) is 1.86. The molecule has 0 fully saturated rings. The molecule has 2 aromatic rings. The highest BCUT2D eigenvalue weighted by Crippen LogP contribution is 2.12. The molecule has 0 saturated carbocycles. The summed E-state index contributed by atoms with van der Waals surface area (Å²) in [6, 6.07) is 12.0. The summed E-state index contributed by atoms with van der Waals surface area (Å²) < 4.78 is 1.90. The molecule has 94 valence electrons. The summed E-state index contributed by atoms with van der Waals surface area (Å²) in [5, 5.41) is 4.31. The molecule has 18 heavy (non-hydrogen) atoms. The molecule has 1 aromatic heterocycles. The van der Waals surface area contributed by atoms with Crippen molar-refractivity contribution in [3.05, 3.63) is 48.3 Å². The zero-order valence-corrected chi connectivity index (χ0v) is 10.8. The minimum Gasteiger partial charge on any atom is -0.299 e. The molecule has 3 heteroatoms. The van der Waals surface area contributed by atoms with Gasteiger partial charge in [-0.1, -0.05) is 32.0 Å². The molecule has 1 heterocycles. The maximum atomic E-state index is 11.7. The predicted molar refractivity (Wildman–Crippen MR) is 71.7 cm³/mol. The molecule has 0 unspecified atom stereocenters. The number of rotatable bonds is 5. The van der Waals surface area contributed by atoms with Crippen molar-refractivity contribution in [2.75, 3.05) is 0 Å². The Bertz CT molecular complexity index is 514. The molecule has 2 rings (SSSR count). The zero-order chi connectivity index (χ0) is 13.0. The van der Waals surface area contributed by atoms with Crippen LogP contribution in [0.3, 0.4) is 0 Å². The molecule has 0 aliphatic carbocycles. The van der Waals surface area contributed by atoms with E-state index in [9.17, 15) is 4.79 Å². The molecular formula is C15H18N2O. The van der Waals surface area contributed by atoms with E-state index >= 15 is 0 Å². The lowest BCUT2D eigenvalue weighted by atomic mass is 10.0. The van der Waals surface area contributed by atoms with E-state index in [-0.39, 0.29) is 5.92 Å². The number of carbonyl (C=O) groups excluding carboxylic acids is 1. The number of aromatic nitrogens is 2. The van der Waals surface area contributed by atoms with Crippen molar-refractivity contribution in [2.24, 2.45) is 5.92 Å². The van der Waals surface area contributed by atoms with Gasteiger partial charge in [0.15, 0.2) is 0 Å². The number of ketones is 1. The summed E-state index contributed by atoms with van der Waals surface area (Å²) in [4.78, 5) is 11.7. The van der Waals surface area contributed by atoms with Crippen molar-refractivity contribution in [3.63, 3.8) is 0 Å². The van der Waals surface area contributed by atoms with Crippen LogP contribution in [0.25, 0.3) is 5.69 Å². The van der Waals surface area contributed by atoms with Gasteiger partial charge in [0.25, 0.3) is 0 Å². The monoisotopic (exact) mass is 242 g/mol. The van der Waals surface area contributed by atoms with Gasteiger partial charge in [-0.05, 0) is 24.6 Å². The van der Waals surface area contributed by atoms with Gasteiger partial charge >= 0.3 is 0 Å². The highest BCUT2D eigenvalue weighted by atomic mass is 16.1.